The average Bonchev–Trinajstić information content (AvgIpc) is 3.06. The first-order valence-electron chi connectivity index (χ1n) is 6.96. The van der Waals surface area contributed by atoms with Crippen molar-refractivity contribution in [2.75, 3.05) is 5.32 Å². The van der Waals surface area contributed by atoms with Gasteiger partial charge in [0.1, 0.15) is 11.0 Å². The maximum absolute atomic E-state index is 11.9. The van der Waals surface area contributed by atoms with Gasteiger partial charge in [-0.3, -0.25) is 4.72 Å². The zero-order valence-electron chi connectivity index (χ0n) is 11.3. The predicted octanol–water partition coefficient (Wildman–Crippen LogP) is 2.59. The number of amides is 2. The quantitative estimate of drug-likeness (QED) is 0.899. The Kier molecular flexibility index (Phi) is 3.61. The molecule has 0 saturated carbocycles. The van der Waals surface area contributed by atoms with Crippen LogP contribution in [0.4, 0.5) is 10.5 Å². The summed E-state index contributed by atoms with van der Waals surface area (Å²) in [6.07, 6.45) is 6.51. The van der Waals surface area contributed by atoms with E-state index in [9.17, 15) is 9.00 Å². The van der Waals surface area contributed by atoms with E-state index in [4.69, 9.17) is 0 Å². The Morgan fingerprint density at radius 3 is 2.30 bits per heavy atom. The summed E-state index contributed by atoms with van der Waals surface area (Å²) in [7, 11) is -1.53. The van der Waals surface area contributed by atoms with Crippen LogP contribution in [0.5, 0.6) is 0 Å². The van der Waals surface area contributed by atoms with E-state index in [0.29, 0.717) is 0 Å². The third-order valence-electron chi connectivity index (χ3n) is 4.06. The van der Waals surface area contributed by atoms with E-state index in [0.717, 1.165) is 44.2 Å². The van der Waals surface area contributed by atoms with Crippen molar-refractivity contribution in [1.82, 2.24) is 4.72 Å². The number of fused-ring (bicyclic) bond motifs is 2. The van der Waals surface area contributed by atoms with Crippen molar-refractivity contribution >= 4 is 22.7 Å². The standard InChI is InChI=1S/C15H18N2O2S/c1-2-20(19)17-15(18)16-14-12-7-3-5-10(12)9-11-6-4-8-13(11)14/h2,9H,1,3-8H2,(H2,16,17,18). The largest absolute Gasteiger partial charge is 0.331 e. The van der Waals surface area contributed by atoms with Crippen LogP contribution in [0.25, 0.3) is 0 Å². The van der Waals surface area contributed by atoms with Gasteiger partial charge in [0.05, 0.1) is 0 Å². The van der Waals surface area contributed by atoms with Gasteiger partial charge in [0.15, 0.2) is 0 Å². The van der Waals surface area contributed by atoms with Crippen LogP contribution < -0.4 is 10.0 Å². The van der Waals surface area contributed by atoms with Crippen LogP contribution in [0, 0.1) is 0 Å². The minimum atomic E-state index is -1.53. The summed E-state index contributed by atoms with van der Waals surface area (Å²) in [6.45, 7) is 3.39. The summed E-state index contributed by atoms with van der Waals surface area (Å²) < 4.78 is 13.7. The molecule has 2 aliphatic rings. The van der Waals surface area contributed by atoms with Gasteiger partial charge in [-0.15, -0.1) is 0 Å². The highest BCUT2D eigenvalue weighted by Gasteiger charge is 2.24. The summed E-state index contributed by atoms with van der Waals surface area (Å²) in [5, 5.41) is 4.12. The van der Waals surface area contributed by atoms with Gasteiger partial charge in [0.25, 0.3) is 0 Å². The number of aryl methyl sites for hydroxylation is 2. The Hall–Kier alpha value is -1.62. The molecule has 5 heteroatoms. The lowest BCUT2D eigenvalue weighted by atomic mass is 9.99. The van der Waals surface area contributed by atoms with Gasteiger partial charge in [-0.25, -0.2) is 9.00 Å². The summed E-state index contributed by atoms with van der Waals surface area (Å²) in [5.41, 5.74) is 6.23. The van der Waals surface area contributed by atoms with Crippen molar-refractivity contribution in [2.45, 2.75) is 38.5 Å². The molecule has 0 spiro atoms. The first kappa shape index (κ1) is 13.4. The van der Waals surface area contributed by atoms with E-state index >= 15 is 0 Å². The van der Waals surface area contributed by atoms with Gasteiger partial charge < -0.3 is 5.32 Å². The van der Waals surface area contributed by atoms with E-state index in [2.05, 4.69) is 22.7 Å². The molecule has 20 heavy (non-hydrogen) atoms. The molecule has 2 amide bonds. The first-order chi connectivity index (χ1) is 9.69. The van der Waals surface area contributed by atoms with Crippen LogP contribution in [0.2, 0.25) is 0 Å². The van der Waals surface area contributed by atoms with Gasteiger partial charge in [-0.05, 0) is 60.8 Å². The highest BCUT2D eigenvalue weighted by Crippen LogP contribution is 2.38. The molecule has 1 aromatic carbocycles. The molecule has 1 atom stereocenters. The second-order valence-corrected chi connectivity index (χ2v) is 6.39. The molecule has 0 saturated heterocycles. The Labute approximate surface area is 121 Å². The van der Waals surface area contributed by atoms with Gasteiger partial charge in [-0.1, -0.05) is 12.6 Å². The fourth-order valence-electron chi connectivity index (χ4n) is 3.24. The monoisotopic (exact) mass is 290 g/mol. The van der Waals surface area contributed by atoms with Crippen molar-refractivity contribution in [2.24, 2.45) is 0 Å². The number of carbonyl (C=O) groups is 1. The summed E-state index contributed by atoms with van der Waals surface area (Å²) in [5.74, 6) is 0. The van der Waals surface area contributed by atoms with Gasteiger partial charge >= 0.3 is 6.03 Å². The molecule has 0 fully saturated rings. The number of carbonyl (C=O) groups excluding carboxylic acids is 1. The zero-order valence-corrected chi connectivity index (χ0v) is 12.1. The lowest BCUT2D eigenvalue weighted by molar-refractivity contribution is 0.257. The third-order valence-corrected chi connectivity index (χ3v) is 4.75. The van der Waals surface area contributed by atoms with Crippen LogP contribution in [-0.4, -0.2) is 10.2 Å². The van der Waals surface area contributed by atoms with Crippen LogP contribution in [0.1, 0.15) is 35.1 Å². The molecule has 2 N–H and O–H groups in total. The fourth-order valence-corrected chi connectivity index (χ4v) is 3.56. The van der Waals surface area contributed by atoms with Gasteiger partial charge in [-0.2, -0.15) is 0 Å². The smallest absolute Gasteiger partial charge is 0.307 e. The summed E-state index contributed by atoms with van der Waals surface area (Å²) in [6, 6.07) is 1.90. The Bertz CT molecular complexity index is 578. The van der Waals surface area contributed by atoms with Crippen LogP contribution in [0.3, 0.4) is 0 Å². The molecule has 2 aliphatic carbocycles. The van der Waals surface area contributed by atoms with Gasteiger partial charge in [0, 0.05) is 11.1 Å². The maximum atomic E-state index is 11.9. The highest BCUT2D eigenvalue weighted by atomic mass is 32.2. The van der Waals surface area contributed by atoms with E-state index in [-0.39, 0.29) is 0 Å². The SMILES string of the molecule is C=CS(=O)NC(=O)Nc1c2c(cc3c1CCC3)CCC2. The molecule has 1 aromatic rings. The topological polar surface area (TPSA) is 58.2 Å². The molecule has 106 valence electrons. The maximum Gasteiger partial charge on any atom is 0.331 e. The van der Waals surface area contributed by atoms with Crippen molar-refractivity contribution in [3.05, 3.63) is 40.3 Å². The number of rotatable bonds is 3. The number of anilines is 1. The molecule has 1 unspecified atom stereocenters. The zero-order chi connectivity index (χ0) is 14.1. The highest BCUT2D eigenvalue weighted by molar-refractivity contribution is 7.86. The number of urea groups is 1. The molecule has 0 radical (unpaired) electrons. The van der Waals surface area contributed by atoms with Crippen LogP contribution in [-0.2, 0) is 36.7 Å². The summed E-state index contributed by atoms with van der Waals surface area (Å²) in [4.78, 5) is 11.9. The van der Waals surface area contributed by atoms with Crippen molar-refractivity contribution in [3.8, 4) is 0 Å². The van der Waals surface area contributed by atoms with Crippen molar-refractivity contribution in [1.29, 1.82) is 0 Å². The molecule has 3 rings (SSSR count). The Morgan fingerprint density at radius 2 is 1.75 bits per heavy atom. The molecule has 0 aromatic heterocycles. The van der Waals surface area contributed by atoms with Crippen molar-refractivity contribution < 1.29 is 9.00 Å². The van der Waals surface area contributed by atoms with Crippen LogP contribution in [0.15, 0.2) is 18.1 Å². The van der Waals surface area contributed by atoms with Gasteiger partial charge in [0.2, 0.25) is 0 Å². The molecule has 0 bridgehead atoms. The van der Waals surface area contributed by atoms with Crippen LogP contribution >= 0.6 is 0 Å². The second-order valence-electron chi connectivity index (χ2n) is 5.25. The number of hydrogen-bond acceptors (Lipinski definition) is 2. The Morgan fingerprint density at radius 1 is 1.15 bits per heavy atom. The first-order valence-corrected chi connectivity index (χ1v) is 8.17. The van der Waals surface area contributed by atoms with E-state index < -0.39 is 17.0 Å². The molecule has 0 aliphatic heterocycles. The minimum Gasteiger partial charge on any atom is -0.307 e. The third kappa shape index (κ3) is 2.38. The number of benzene rings is 1. The minimum absolute atomic E-state index is 0.419. The average molecular weight is 290 g/mol. The van der Waals surface area contributed by atoms with Crippen molar-refractivity contribution in [3.63, 3.8) is 0 Å². The Balaban J connectivity index is 1.91. The van der Waals surface area contributed by atoms with E-state index in [1.807, 2.05) is 0 Å². The second kappa shape index (κ2) is 5.40. The van der Waals surface area contributed by atoms with E-state index in [1.54, 1.807) is 0 Å². The molecular weight excluding hydrogens is 272 g/mol. The molecule has 0 heterocycles. The number of nitrogens with one attached hydrogen (secondary N) is 2. The predicted molar refractivity (Wildman–Crippen MR) is 81.0 cm³/mol. The molecular formula is C15H18N2O2S. The lowest BCUT2D eigenvalue weighted by Gasteiger charge is -2.16. The fraction of sp³-hybridized carbons (Fsp3) is 0.400. The lowest BCUT2D eigenvalue weighted by Crippen LogP contribution is -2.30. The summed E-state index contributed by atoms with van der Waals surface area (Å²) >= 11 is 0. The molecule has 4 nitrogen and oxygen atoms in total. The van der Waals surface area contributed by atoms with E-state index in [1.165, 1.54) is 27.7 Å². The normalized spacial score (nSPS) is 17.2. The number of hydrogen-bond donors (Lipinski definition) is 2.